The maximum atomic E-state index is 13.7. The summed E-state index contributed by atoms with van der Waals surface area (Å²) in [7, 11) is 1.63. The lowest BCUT2D eigenvalue weighted by Crippen LogP contribution is -2.35. The summed E-state index contributed by atoms with van der Waals surface area (Å²) in [4.78, 5) is 23.2. The molecule has 0 saturated carbocycles. The number of hydrogen-bond acceptors (Lipinski definition) is 8. The molecule has 0 aliphatic carbocycles. The van der Waals surface area contributed by atoms with Gasteiger partial charge in [-0.3, -0.25) is 14.7 Å². The molecule has 0 aliphatic rings. The smallest absolute Gasteiger partial charge is 0.253 e. The van der Waals surface area contributed by atoms with E-state index in [9.17, 15) is 4.79 Å². The molecule has 1 aromatic carbocycles. The fraction of sp³-hybridized carbons (Fsp3) is 0.296. The number of furan rings is 1. The summed E-state index contributed by atoms with van der Waals surface area (Å²) in [5.74, 6) is 1.30. The van der Waals surface area contributed by atoms with Gasteiger partial charge in [0.15, 0.2) is 5.82 Å². The third-order valence-electron chi connectivity index (χ3n) is 6.34. The summed E-state index contributed by atoms with van der Waals surface area (Å²) >= 11 is 0. The first-order chi connectivity index (χ1) is 18.0. The predicted molar refractivity (Wildman–Crippen MR) is 138 cm³/mol. The predicted octanol–water partition coefficient (Wildman–Crippen LogP) is 3.56. The van der Waals surface area contributed by atoms with E-state index < -0.39 is 6.04 Å². The minimum atomic E-state index is -0.578. The van der Waals surface area contributed by atoms with Crippen LogP contribution in [0.2, 0.25) is 0 Å². The maximum absolute atomic E-state index is 13.7. The Kier molecular flexibility index (Phi) is 7.20. The van der Waals surface area contributed by atoms with Crippen LogP contribution < -0.4 is 5.56 Å². The molecule has 190 valence electrons. The Hall–Kier alpha value is -4.15. The Labute approximate surface area is 213 Å². The van der Waals surface area contributed by atoms with E-state index in [1.165, 1.54) is 0 Å². The molecule has 0 aliphatic heterocycles. The van der Waals surface area contributed by atoms with Crippen molar-refractivity contribution in [2.75, 3.05) is 13.7 Å². The third kappa shape index (κ3) is 5.35. The van der Waals surface area contributed by atoms with Crippen molar-refractivity contribution in [3.05, 3.63) is 105 Å². The second kappa shape index (κ2) is 10.9. The highest BCUT2D eigenvalue weighted by Gasteiger charge is 2.31. The molecule has 4 heterocycles. The Bertz CT molecular complexity index is 1530. The molecule has 1 N–H and O–H groups in total. The molecular weight excluding hydrogens is 470 g/mol. The minimum absolute atomic E-state index is 0.193. The molecule has 5 aromatic rings. The van der Waals surface area contributed by atoms with Crippen molar-refractivity contribution >= 4 is 10.9 Å². The van der Waals surface area contributed by atoms with Gasteiger partial charge in [-0.05, 0) is 71.1 Å². The first-order valence-electron chi connectivity index (χ1n) is 12.1. The monoisotopic (exact) mass is 499 g/mol. The number of pyridine rings is 2. The van der Waals surface area contributed by atoms with Crippen LogP contribution in [0.5, 0.6) is 0 Å². The van der Waals surface area contributed by atoms with Crippen molar-refractivity contribution in [1.82, 2.24) is 35.1 Å². The molecule has 5 rings (SSSR count). The Morgan fingerprint density at radius 2 is 2.05 bits per heavy atom. The lowest BCUT2D eigenvalue weighted by Gasteiger charge is -2.30. The maximum Gasteiger partial charge on any atom is 0.253 e. The molecule has 0 fully saturated rings. The van der Waals surface area contributed by atoms with Crippen LogP contribution in [-0.4, -0.2) is 48.8 Å². The van der Waals surface area contributed by atoms with Crippen LogP contribution in [0.25, 0.3) is 10.9 Å². The Balaban J connectivity index is 1.70. The molecule has 0 amide bonds. The van der Waals surface area contributed by atoms with Gasteiger partial charge in [-0.2, -0.15) is 0 Å². The van der Waals surface area contributed by atoms with Gasteiger partial charge in [-0.25, -0.2) is 4.68 Å². The van der Waals surface area contributed by atoms with Crippen LogP contribution in [0.1, 0.15) is 39.9 Å². The first kappa shape index (κ1) is 24.5. The van der Waals surface area contributed by atoms with Gasteiger partial charge in [-0.15, -0.1) is 5.10 Å². The van der Waals surface area contributed by atoms with Crippen LogP contribution in [-0.2, 0) is 24.4 Å². The number of nitrogens with one attached hydrogen (secondary N) is 1. The topological polar surface area (TPSA) is 115 Å². The molecule has 1 atom stereocenters. The van der Waals surface area contributed by atoms with Gasteiger partial charge in [0.1, 0.15) is 11.8 Å². The van der Waals surface area contributed by atoms with Gasteiger partial charge >= 0.3 is 0 Å². The number of ether oxygens (including phenoxy) is 1. The fourth-order valence-electron chi connectivity index (χ4n) is 4.72. The molecule has 0 bridgehead atoms. The number of nitrogens with zero attached hydrogens (tertiary/aromatic N) is 6. The lowest BCUT2D eigenvalue weighted by molar-refractivity contribution is 0.163. The number of fused-ring (bicyclic) bond motifs is 1. The van der Waals surface area contributed by atoms with Gasteiger partial charge in [-0.1, -0.05) is 17.7 Å². The zero-order chi connectivity index (χ0) is 25.8. The summed E-state index contributed by atoms with van der Waals surface area (Å²) in [6, 6.07) is 13.2. The molecule has 37 heavy (non-hydrogen) atoms. The van der Waals surface area contributed by atoms with E-state index in [4.69, 9.17) is 9.15 Å². The average Bonchev–Trinajstić information content (AvgIpc) is 3.57. The summed E-state index contributed by atoms with van der Waals surface area (Å²) < 4.78 is 12.7. The summed E-state index contributed by atoms with van der Waals surface area (Å²) in [5.41, 5.74) is 4.29. The van der Waals surface area contributed by atoms with E-state index in [1.54, 1.807) is 24.3 Å². The van der Waals surface area contributed by atoms with E-state index in [-0.39, 0.29) is 5.56 Å². The second-order valence-electron chi connectivity index (χ2n) is 9.10. The quantitative estimate of drug-likeness (QED) is 0.310. The number of aryl methyl sites for hydroxylation is 2. The highest BCUT2D eigenvalue weighted by atomic mass is 16.5. The molecule has 10 heteroatoms. The van der Waals surface area contributed by atoms with Crippen LogP contribution in [0.15, 0.2) is 70.3 Å². The average molecular weight is 500 g/mol. The minimum Gasteiger partial charge on any atom is -0.468 e. The highest BCUT2D eigenvalue weighted by Crippen LogP contribution is 2.30. The molecular formula is C27H29N7O3. The van der Waals surface area contributed by atoms with Crippen molar-refractivity contribution in [2.24, 2.45) is 0 Å². The van der Waals surface area contributed by atoms with Gasteiger partial charge < -0.3 is 14.1 Å². The van der Waals surface area contributed by atoms with Crippen LogP contribution in [0.3, 0.4) is 0 Å². The van der Waals surface area contributed by atoms with E-state index in [0.29, 0.717) is 37.6 Å². The van der Waals surface area contributed by atoms with Crippen LogP contribution in [0.4, 0.5) is 0 Å². The Morgan fingerprint density at radius 3 is 2.81 bits per heavy atom. The number of tetrazole rings is 1. The fourth-order valence-corrected chi connectivity index (χ4v) is 4.72. The SMILES string of the molecule is COCCn1nnnc1C(c1cc2cc(C)cc(C)c2[nH]c1=O)N(Cc1cccnc1)Cc1ccco1. The van der Waals surface area contributed by atoms with Crippen molar-refractivity contribution in [2.45, 2.75) is 39.5 Å². The summed E-state index contributed by atoms with van der Waals surface area (Å²) in [6.07, 6.45) is 5.20. The molecule has 0 saturated heterocycles. The lowest BCUT2D eigenvalue weighted by atomic mass is 10.00. The van der Waals surface area contributed by atoms with E-state index in [0.717, 1.165) is 33.4 Å². The van der Waals surface area contributed by atoms with E-state index >= 15 is 0 Å². The number of benzene rings is 1. The molecule has 0 radical (unpaired) electrons. The van der Waals surface area contributed by atoms with E-state index in [1.807, 2.05) is 50.4 Å². The molecule has 10 nitrogen and oxygen atoms in total. The largest absolute Gasteiger partial charge is 0.468 e. The third-order valence-corrected chi connectivity index (χ3v) is 6.34. The first-order valence-corrected chi connectivity index (χ1v) is 12.1. The molecule has 1 unspecified atom stereocenters. The standard InChI is InChI=1S/C27H29N7O3/c1-18-12-19(2)24-21(13-18)14-23(27(35)29-24)25(26-30-31-32-34(26)9-11-36-3)33(17-22-7-5-10-37-22)16-20-6-4-8-28-15-20/h4-8,10,12-15,25H,9,11,16-17H2,1-3H3,(H,29,35). The highest BCUT2D eigenvalue weighted by molar-refractivity contribution is 5.83. The van der Waals surface area contributed by atoms with Crippen molar-refractivity contribution in [1.29, 1.82) is 0 Å². The van der Waals surface area contributed by atoms with Crippen molar-refractivity contribution in [3.8, 4) is 0 Å². The number of methoxy groups -OCH3 is 1. The van der Waals surface area contributed by atoms with Gasteiger partial charge in [0.05, 0.1) is 31.5 Å². The number of hydrogen-bond donors (Lipinski definition) is 1. The summed E-state index contributed by atoms with van der Waals surface area (Å²) in [5, 5.41) is 13.5. The molecule has 4 aromatic heterocycles. The number of aromatic nitrogens is 6. The van der Waals surface area contributed by atoms with Crippen molar-refractivity contribution < 1.29 is 9.15 Å². The number of rotatable bonds is 10. The molecule has 0 spiro atoms. The van der Waals surface area contributed by atoms with Gasteiger partial charge in [0.2, 0.25) is 0 Å². The van der Waals surface area contributed by atoms with Crippen LogP contribution >= 0.6 is 0 Å². The Morgan fingerprint density at radius 1 is 1.16 bits per heavy atom. The normalized spacial score (nSPS) is 12.4. The second-order valence-corrected chi connectivity index (χ2v) is 9.10. The van der Waals surface area contributed by atoms with Gasteiger partial charge in [0.25, 0.3) is 5.56 Å². The summed E-state index contributed by atoms with van der Waals surface area (Å²) in [6.45, 7) is 5.83. The van der Waals surface area contributed by atoms with Crippen molar-refractivity contribution in [3.63, 3.8) is 0 Å². The number of H-pyrrole nitrogens is 1. The van der Waals surface area contributed by atoms with Crippen LogP contribution in [0, 0.1) is 13.8 Å². The zero-order valence-electron chi connectivity index (χ0n) is 21.1. The van der Waals surface area contributed by atoms with Gasteiger partial charge in [0, 0.05) is 31.6 Å². The number of aromatic amines is 1. The van der Waals surface area contributed by atoms with E-state index in [2.05, 4.69) is 42.5 Å². The zero-order valence-corrected chi connectivity index (χ0v) is 21.1.